The van der Waals surface area contributed by atoms with Crippen LogP contribution in [-0.2, 0) is 9.59 Å². The van der Waals surface area contributed by atoms with Gasteiger partial charge in [-0.3, -0.25) is 9.59 Å². The maximum Gasteiger partial charge on any atom is 0.355 e. The van der Waals surface area contributed by atoms with Crippen LogP contribution in [-0.4, -0.2) is 44.8 Å². The molecule has 3 N–H and O–H groups in total. The van der Waals surface area contributed by atoms with Crippen molar-refractivity contribution >= 4 is 40.3 Å². The first kappa shape index (κ1) is 21.9. The van der Waals surface area contributed by atoms with Crippen LogP contribution < -0.4 is 10.6 Å². The number of aromatic carboxylic acids is 1. The lowest BCUT2D eigenvalue weighted by Gasteiger charge is -2.30. The number of benzene rings is 1. The highest BCUT2D eigenvalue weighted by Gasteiger charge is 2.46. The molecule has 2 aromatic rings. The number of hydrogen-bond donors (Lipinski definition) is 3. The summed E-state index contributed by atoms with van der Waals surface area (Å²) in [6.07, 6.45) is 5.50. The van der Waals surface area contributed by atoms with Crippen LogP contribution in [0.1, 0.15) is 60.6 Å². The Labute approximate surface area is 188 Å². The van der Waals surface area contributed by atoms with Gasteiger partial charge in [0.05, 0.1) is 0 Å². The number of carboxylic acid groups (broad SMARTS) is 1. The standard InChI is InChI=1S/C22H24N4O5S/c27-18(25-21-23-15(12-32-21)20(29)30)16(11-13-7-3-1-4-8-13)26-19(28)17(24-22(26)31)14-9-5-2-6-10-14/h2,5-6,9-10,12-13,16-17H,1,3-4,7-8,11H2,(H,24,31)(H,29,30)(H,23,25,27)/t16-,17-/m0/s1. The first-order valence-electron chi connectivity index (χ1n) is 10.6. The van der Waals surface area contributed by atoms with Gasteiger partial charge in [-0.05, 0) is 17.9 Å². The summed E-state index contributed by atoms with van der Waals surface area (Å²) < 4.78 is 0. The van der Waals surface area contributed by atoms with E-state index in [-0.39, 0.29) is 16.7 Å². The largest absolute Gasteiger partial charge is 0.476 e. The molecule has 32 heavy (non-hydrogen) atoms. The van der Waals surface area contributed by atoms with Gasteiger partial charge in [0.2, 0.25) is 5.91 Å². The number of carboxylic acids is 1. The van der Waals surface area contributed by atoms with Gasteiger partial charge in [-0.2, -0.15) is 0 Å². The monoisotopic (exact) mass is 456 g/mol. The van der Waals surface area contributed by atoms with E-state index in [9.17, 15) is 19.2 Å². The molecule has 1 aliphatic heterocycles. The number of aromatic nitrogens is 1. The van der Waals surface area contributed by atoms with Crippen molar-refractivity contribution in [1.82, 2.24) is 15.2 Å². The van der Waals surface area contributed by atoms with Gasteiger partial charge in [0.25, 0.3) is 5.91 Å². The van der Waals surface area contributed by atoms with Crippen LogP contribution >= 0.6 is 11.3 Å². The molecule has 0 bridgehead atoms. The Kier molecular flexibility index (Phi) is 6.50. The number of anilines is 1. The number of carbonyl (C=O) groups is 4. The SMILES string of the molecule is O=C(O)c1csc(NC(=O)[C@H](CC2CCCCC2)N2C(=O)N[C@@H](c3ccccc3)C2=O)n1. The molecule has 1 aromatic heterocycles. The Morgan fingerprint density at radius 3 is 2.56 bits per heavy atom. The van der Waals surface area contributed by atoms with Crippen molar-refractivity contribution in [2.24, 2.45) is 5.92 Å². The number of rotatable bonds is 7. The number of carbonyl (C=O) groups excluding carboxylic acids is 3. The van der Waals surface area contributed by atoms with Crippen molar-refractivity contribution in [2.75, 3.05) is 5.32 Å². The van der Waals surface area contributed by atoms with Crippen LogP contribution in [0.25, 0.3) is 0 Å². The molecular weight excluding hydrogens is 432 g/mol. The summed E-state index contributed by atoms with van der Waals surface area (Å²) in [5.41, 5.74) is 0.476. The van der Waals surface area contributed by atoms with E-state index in [2.05, 4.69) is 15.6 Å². The third-order valence-corrected chi connectivity index (χ3v) is 6.71. The first-order valence-corrected chi connectivity index (χ1v) is 11.5. The lowest BCUT2D eigenvalue weighted by molar-refractivity contribution is -0.134. The van der Waals surface area contributed by atoms with E-state index in [0.717, 1.165) is 48.3 Å². The van der Waals surface area contributed by atoms with Crippen molar-refractivity contribution < 1.29 is 24.3 Å². The van der Waals surface area contributed by atoms with Crippen molar-refractivity contribution in [3.63, 3.8) is 0 Å². The fraction of sp³-hybridized carbons (Fsp3) is 0.409. The molecule has 9 nitrogen and oxygen atoms in total. The van der Waals surface area contributed by atoms with E-state index in [1.165, 1.54) is 5.38 Å². The minimum atomic E-state index is -1.19. The number of hydrogen-bond acceptors (Lipinski definition) is 6. The Morgan fingerprint density at radius 1 is 1.19 bits per heavy atom. The molecule has 1 aliphatic carbocycles. The van der Waals surface area contributed by atoms with Crippen molar-refractivity contribution in [2.45, 2.75) is 50.6 Å². The van der Waals surface area contributed by atoms with Gasteiger partial charge in [-0.25, -0.2) is 19.5 Å². The van der Waals surface area contributed by atoms with Crippen LogP contribution in [0.3, 0.4) is 0 Å². The summed E-state index contributed by atoms with van der Waals surface area (Å²) in [6, 6.07) is 6.45. The Balaban J connectivity index is 1.57. The number of thiazole rings is 1. The molecule has 10 heteroatoms. The van der Waals surface area contributed by atoms with Gasteiger partial charge >= 0.3 is 12.0 Å². The number of amides is 4. The van der Waals surface area contributed by atoms with Crippen molar-refractivity contribution in [3.8, 4) is 0 Å². The molecule has 2 atom stereocenters. The van der Waals surface area contributed by atoms with E-state index >= 15 is 0 Å². The third kappa shape index (κ3) is 4.64. The fourth-order valence-electron chi connectivity index (χ4n) is 4.35. The smallest absolute Gasteiger partial charge is 0.355 e. The Bertz CT molecular complexity index is 1020. The summed E-state index contributed by atoms with van der Waals surface area (Å²) in [7, 11) is 0. The van der Waals surface area contributed by atoms with E-state index in [4.69, 9.17) is 5.11 Å². The maximum absolute atomic E-state index is 13.2. The highest BCUT2D eigenvalue weighted by molar-refractivity contribution is 7.14. The molecular formula is C22H24N4O5S. The number of nitrogens with zero attached hydrogens (tertiary/aromatic N) is 2. The predicted octanol–water partition coefficient (Wildman–Crippen LogP) is 3.41. The zero-order valence-corrected chi connectivity index (χ0v) is 18.1. The summed E-state index contributed by atoms with van der Waals surface area (Å²) in [6.45, 7) is 0. The predicted molar refractivity (Wildman–Crippen MR) is 117 cm³/mol. The van der Waals surface area contributed by atoms with Gasteiger partial charge < -0.3 is 15.7 Å². The maximum atomic E-state index is 13.2. The summed E-state index contributed by atoms with van der Waals surface area (Å²) in [5.74, 6) is -1.98. The molecule has 168 valence electrons. The quantitative estimate of drug-likeness (QED) is 0.548. The van der Waals surface area contributed by atoms with E-state index in [0.29, 0.717) is 12.0 Å². The topological polar surface area (TPSA) is 129 Å². The molecule has 0 unspecified atom stereocenters. The molecule has 1 saturated carbocycles. The summed E-state index contributed by atoms with van der Waals surface area (Å²) in [4.78, 5) is 55.3. The zero-order valence-electron chi connectivity index (χ0n) is 17.3. The lowest BCUT2D eigenvalue weighted by atomic mass is 9.84. The van der Waals surface area contributed by atoms with Crippen LogP contribution in [0.2, 0.25) is 0 Å². The Hall–Kier alpha value is -3.27. The molecule has 2 heterocycles. The Morgan fingerprint density at radius 2 is 1.91 bits per heavy atom. The number of imide groups is 1. The molecule has 4 amide bonds. The van der Waals surface area contributed by atoms with Crippen LogP contribution in [0.4, 0.5) is 9.93 Å². The zero-order chi connectivity index (χ0) is 22.7. The van der Waals surface area contributed by atoms with E-state index < -0.39 is 35.9 Å². The van der Waals surface area contributed by atoms with Gasteiger partial charge in [-0.15, -0.1) is 11.3 Å². The molecule has 4 rings (SSSR count). The van der Waals surface area contributed by atoms with Gasteiger partial charge in [0, 0.05) is 5.38 Å². The highest BCUT2D eigenvalue weighted by Crippen LogP contribution is 2.32. The molecule has 1 aromatic carbocycles. The second-order valence-corrected chi connectivity index (χ2v) is 8.95. The third-order valence-electron chi connectivity index (χ3n) is 5.95. The van der Waals surface area contributed by atoms with Gasteiger partial charge in [-0.1, -0.05) is 62.4 Å². The second kappa shape index (κ2) is 9.47. The second-order valence-electron chi connectivity index (χ2n) is 8.09. The van der Waals surface area contributed by atoms with Gasteiger partial charge in [0.1, 0.15) is 12.1 Å². The van der Waals surface area contributed by atoms with Crippen LogP contribution in [0.15, 0.2) is 35.7 Å². The van der Waals surface area contributed by atoms with Crippen molar-refractivity contribution in [3.05, 3.63) is 47.0 Å². The molecule has 0 radical (unpaired) electrons. The molecule has 2 aliphatic rings. The number of nitrogens with one attached hydrogen (secondary N) is 2. The summed E-state index contributed by atoms with van der Waals surface area (Å²) in [5, 5.41) is 15.8. The van der Waals surface area contributed by atoms with Crippen molar-refractivity contribution in [1.29, 1.82) is 0 Å². The lowest BCUT2D eigenvalue weighted by Crippen LogP contribution is -2.48. The van der Waals surface area contributed by atoms with Crippen LogP contribution in [0, 0.1) is 5.92 Å². The molecule has 1 saturated heterocycles. The molecule has 2 fully saturated rings. The summed E-state index contributed by atoms with van der Waals surface area (Å²) >= 11 is 0.983. The first-order chi connectivity index (χ1) is 15.4. The minimum Gasteiger partial charge on any atom is -0.476 e. The fourth-order valence-corrected chi connectivity index (χ4v) is 5.03. The minimum absolute atomic E-state index is 0.118. The van der Waals surface area contributed by atoms with E-state index in [1.807, 2.05) is 6.07 Å². The normalized spacial score (nSPS) is 20.1. The van der Waals surface area contributed by atoms with Gasteiger partial charge in [0.15, 0.2) is 10.8 Å². The van der Waals surface area contributed by atoms with E-state index in [1.54, 1.807) is 24.3 Å². The highest BCUT2D eigenvalue weighted by atomic mass is 32.1. The van der Waals surface area contributed by atoms with Crippen LogP contribution in [0.5, 0.6) is 0 Å². The number of urea groups is 1. The average Bonchev–Trinajstić information content (AvgIpc) is 3.38. The molecule has 0 spiro atoms. The average molecular weight is 457 g/mol.